The third-order valence-corrected chi connectivity index (χ3v) is 7.05. The number of para-hydroxylation sites is 1. The molecular formula is C25H20N4O4S. The topological polar surface area (TPSA) is 103 Å². The van der Waals surface area contributed by atoms with E-state index in [9.17, 15) is 18.0 Å². The molecule has 5 rings (SSSR count). The second-order valence-corrected chi connectivity index (χ2v) is 9.55. The summed E-state index contributed by atoms with van der Waals surface area (Å²) in [6.07, 6.45) is 3.13. The highest BCUT2D eigenvalue weighted by molar-refractivity contribution is 7.89. The molecule has 0 aliphatic rings. The molecule has 1 N–H and O–H groups in total. The molecule has 3 aromatic carbocycles. The Kier molecular flexibility index (Phi) is 5.56. The monoisotopic (exact) mass is 472 g/mol. The van der Waals surface area contributed by atoms with E-state index in [2.05, 4.69) is 9.71 Å². The van der Waals surface area contributed by atoms with Gasteiger partial charge in [-0.2, -0.15) is 0 Å². The number of fused-ring (bicyclic) bond motifs is 3. The van der Waals surface area contributed by atoms with Crippen LogP contribution in [0.25, 0.3) is 16.6 Å². The fourth-order valence-corrected chi connectivity index (χ4v) is 4.87. The number of nitrogens with zero attached hydrogens (tertiary/aromatic N) is 3. The minimum Gasteiger partial charge on any atom is -0.292 e. The van der Waals surface area contributed by atoms with Crippen LogP contribution in [0.3, 0.4) is 0 Å². The molecule has 9 heteroatoms. The van der Waals surface area contributed by atoms with Crippen molar-refractivity contribution in [3.8, 4) is 0 Å². The van der Waals surface area contributed by atoms with Gasteiger partial charge >= 0.3 is 0 Å². The quantitative estimate of drug-likeness (QED) is 0.367. The van der Waals surface area contributed by atoms with Gasteiger partial charge in [0.1, 0.15) is 12.0 Å². The van der Waals surface area contributed by atoms with Gasteiger partial charge in [0.2, 0.25) is 10.0 Å². The number of imidazole rings is 1. The summed E-state index contributed by atoms with van der Waals surface area (Å²) < 4.78 is 30.9. The minimum atomic E-state index is -3.74. The van der Waals surface area contributed by atoms with Crippen molar-refractivity contribution >= 4 is 32.4 Å². The third kappa shape index (κ3) is 4.02. The molecule has 0 bridgehead atoms. The fraction of sp³-hybridized carbons (Fsp3) is 0.0800. The number of hydrogen-bond acceptors (Lipinski definition) is 5. The molecule has 0 aliphatic heterocycles. The highest BCUT2D eigenvalue weighted by atomic mass is 32.2. The van der Waals surface area contributed by atoms with Crippen molar-refractivity contribution in [3.05, 3.63) is 113 Å². The molecule has 0 radical (unpaired) electrons. The lowest BCUT2D eigenvalue weighted by molar-refractivity contribution is 0.0972. The van der Waals surface area contributed by atoms with Crippen LogP contribution in [0, 0.1) is 0 Å². The number of carbonyl (C=O) groups is 1. The van der Waals surface area contributed by atoms with Gasteiger partial charge in [-0.1, -0.05) is 42.5 Å². The van der Waals surface area contributed by atoms with Gasteiger partial charge in [0.25, 0.3) is 5.56 Å². The average molecular weight is 473 g/mol. The maximum atomic E-state index is 13.1. The molecule has 0 saturated heterocycles. The Morgan fingerprint density at radius 1 is 0.912 bits per heavy atom. The van der Waals surface area contributed by atoms with Crippen molar-refractivity contribution in [2.45, 2.75) is 18.0 Å². The summed E-state index contributed by atoms with van der Waals surface area (Å²) in [5.74, 6) is -0.318. The largest absolute Gasteiger partial charge is 0.292 e. The van der Waals surface area contributed by atoms with Gasteiger partial charge in [0.15, 0.2) is 5.78 Å². The SMILES string of the molecule is O=C(Cn1c(=O)c2ccccc2n2cncc12)c1ccc(S(=O)(=O)NCc2ccccc2)cc1. The summed E-state index contributed by atoms with van der Waals surface area (Å²) in [4.78, 5) is 30.2. The van der Waals surface area contributed by atoms with E-state index in [-0.39, 0.29) is 29.3 Å². The van der Waals surface area contributed by atoms with Crippen molar-refractivity contribution < 1.29 is 13.2 Å². The van der Waals surface area contributed by atoms with Gasteiger partial charge in [-0.15, -0.1) is 0 Å². The highest BCUT2D eigenvalue weighted by Gasteiger charge is 2.17. The number of benzene rings is 3. The normalized spacial score (nSPS) is 11.8. The van der Waals surface area contributed by atoms with Crippen LogP contribution >= 0.6 is 0 Å². The molecule has 0 saturated carbocycles. The molecule has 0 aliphatic carbocycles. The van der Waals surface area contributed by atoms with Gasteiger partial charge in [-0.25, -0.2) is 18.1 Å². The lowest BCUT2D eigenvalue weighted by Crippen LogP contribution is -2.26. The number of rotatable bonds is 7. The first-order chi connectivity index (χ1) is 16.4. The maximum Gasteiger partial charge on any atom is 0.262 e. The molecule has 0 unspecified atom stereocenters. The van der Waals surface area contributed by atoms with Crippen molar-refractivity contribution in [2.24, 2.45) is 0 Å². The second-order valence-electron chi connectivity index (χ2n) is 7.79. The van der Waals surface area contributed by atoms with E-state index in [1.807, 2.05) is 42.5 Å². The summed E-state index contributed by atoms with van der Waals surface area (Å²) in [5, 5.41) is 0.478. The summed E-state index contributed by atoms with van der Waals surface area (Å²) in [7, 11) is -3.74. The smallest absolute Gasteiger partial charge is 0.262 e. The molecule has 2 aromatic heterocycles. The first-order valence-corrected chi connectivity index (χ1v) is 12.0. The van der Waals surface area contributed by atoms with Gasteiger partial charge in [0, 0.05) is 12.1 Å². The number of aromatic nitrogens is 3. The molecule has 2 heterocycles. The van der Waals surface area contributed by atoms with E-state index < -0.39 is 10.0 Å². The van der Waals surface area contributed by atoms with Crippen LogP contribution < -0.4 is 10.3 Å². The Balaban J connectivity index is 1.39. The zero-order chi connectivity index (χ0) is 23.7. The summed E-state index contributed by atoms with van der Waals surface area (Å²) in [6, 6.07) is 22.0. The molecule has 170 valence electrons. The molecular weight excluding hydrogens is 452 g/mol. The standard InChI is InChI=1S/C25H20N4O4S/c30-23(16-28-24-15-26-17-29(24)22-9-5-4-8-21(22)25(28)31)19-10-12-20(13-11-19)34(32,33)27-14-18-6-2-1-3-7-18/h1-13,15,17,27H,14,16H2. The number of carbonyl (C=O) groups excluding carboxylic acids is 1. The number of hydrogen-bond donors (Lipinski definition) is 1. The fourth-order valence-electron chi connectivity index (χ4n) is 3.85. The maximum absolute atomic E-state index is 13.1. The molecule has 34 heavy (non-hydrogen) atoms. The first-order valence-electron chi connectivity index (χ1n) is 10.5. The zero-order valence-electron chi connectivity index (χ0n) is 18.0. The predicted octanol–water partition coefficient (Wildman–Crippen LogP) is 3.01. The predicted molar refractivity (Wildman–Crippen MR) is 128 cm³/mol. The molecule has 0 fully saturated rings. The Hall–Kier alpha value is -4.08. The van der Waals surface area contributed by atoms with E-state index in [0.717, 1.165) is 5.56 Å². The zero-order valence-corrected chi connectivity index (χ0v) is 18.8. The lowest BCUT2D eigenvalue weighted by Gasteiger charge is -2.11. The molecule has 0 spiro atoms. The molecule has 0 amide bonds. The third-order valence-electron chi connectivity index (χ3n) is 5.63. The van der Waals surface area contributed by atoms with Crippen molar-refractivity contribution in [1.82, 2.24) is 18.7 Å². The minimum absolute atomic E-state index is 0.0565. The second kappa shape index (κ2) is 8.69. The number of nitrogens with one attached hydrogen (secondary N) is 1. The van der Waals surface area contributed by atoms with Crippen LogP contribution in [0.2, 0.25) is 0 Å². The van der Waals surface area contributed by atoms with Gasteiger partial charge in [-0.05, 0) is 42.0 Å². The van der Waals surface area contributed by atoms with Crippen LogP contribution in [0.4, 0.5) is 0 Å². The average Bonchev–Trinajstić information content (AvgIpc) is 3.36. The van der Waals surface area contributed by atoms with Crippen LogP contribution in [-0.2, 0) is 23.1 Å². The van der Waals surface area contributed by atoms with Crippen LogP contribution in [-0.4, -0.2) is 28.2 Å². The lowest BCUT2D eigenvalue weighted by atomic mass is 10.1. The molecule has 8 nitrogen and oxygen atoms in total. The summed E-state index contributed by atoms with van der Waals surface area (Å²) in [6.45, 7) is -0.0344. The first kappa shape index (κ1) is 21.7. The Morgan fingerprint density at radius 2 is 1.62 bits per heavy atom. The van der Waals surface area contributed by atoms with Gasteiger partial charge in [0.05, 0.1) is 28.5 Å². The summed E-state index contributed by atoms with van der Waals surface area (Å²) in [5.41, 5.74) is 2.06. The van der Waals surface area contributed by atoms with E-state index in [0.29, 0.717) is 22.1 Å². The molecule has 0 atom stereocenters. The van der Waals surface area contributed by atoms with Crippen LogP contribution in [0.1, 0.15) is 15.9 Å². The number of Topliss-reactive ketones (excluding diaryl/α,β-unsaturated/α-hetero) is 1. The Labute approximate surface area is 195 Å². The number of sulfonamides is 1. The van der Waals surface area contributed by atoms with Crippen LogP contribution in [0.15, 0.2) is 101 Å². The highest BCUT2D eigenvalue weighted by Crippen LogP contribution is 2.15. The van der Waals surface area contributed by atoms with E-state index in [4.69, 9.17) is 0 Å². The Bertz CT molecular complexity index is 1670. The van der Waals surface area contributed by atoms with Crippen molar-refractivity contribution in [1.29, 1.82) is 0 Å². The van der Waals surface area contributed by atoms with Gasteiger partial charge < -0.3 is 0 Å². The molecule has 5 aromatic rings. The summed E-state index contributed by atoms with van der Waals surface area (Å²) >= 11 is 0. The van der Waals surface area contributed by atoms with E-state index in [1.165, 1.54) is 35.0 Å². The van der Waals surface area contributed by atoms with Crippen molar-refractivity contribution in [3.63, 3.8) is 0 Å². The number of ketones is 1. The van der Waals surface area contributed by atoms with Crippen LogP contribution in [0.5, 0.6) is 0 Å². The van der Waals surface area contributed by atoms with E-state index >= 15 is 0 Å². The van der Waals surface area contributed by atoms with E-state index in [1.54, 1.807) is 22.9 Å². The van der Waals surface area contributed by atoms with Crippen molar-refractivity contribution in [2.75, 3.05) is 0 Å². The van der Waals surface area contributed by atoms with Gasteiger partial charge in [-0.3, -0.25) is 18.6 Å². The Morgan fingerprint density at radius 3 is 2.38 bits per heavy atom.